The van der Waals surface area contributed by atoms with E-state index in [1.807, 2.05) is 6.92 Å². The van der Waals surface area contributed by atoms with Gasteiger partial charge in [-0.3, -0.25) is 14.5 Å². The summed E-state index contributed by atoms with van der Waals surface area (Å²) in [5.41, 5.74) is 1.01. The minimum Gasteiger partial charge on any atom is -0.507 e. The zero-order valence-corrected chi connectivity index (χ0v) is 25.7. The summed E-state index contributed by atoms with van der Waals surface area (Å²) < 4.78 is 17.0. The molecule has 9 nitrogen and oxygen atoms in total. The third-order valence-electron chi connectivity index (χ3n) is 6.55. The molecule has 3 aromatic rings. The molecule has 222 valence electrons. The van der Waals surface area contributed by atoms with Gasteiger partial charge in [-0.1, -0.05) is 42.9 Å². The highest BCUT2D eigenvalue weighted by Gasteiger charge is 2.48. The van der Waals surface area contributed by atoms with E-state index in [1.54, 1.807) is 56.3 Å². The summed E-state index contributed by atoms with van der Waals surface area (Å²) in [6.45, 7) is 10.4. The van der Waals surface area contributed by atoms with Gasteiger partial charge in [-0.25, -0.2) is 9.78 Å². The molecule has 1 fully saturated rings. The van der Waals surface area contributed by atoms with Crippen molar-refractivity contribution in [1.29, 1.82) is 0 Å². The molecule has 0 aliphatic carbocycles. The van der Waals surface area contributed by atoms with Crippen LogP contribution in [-0.4, -0.2) is 47.6 Å². The van der Waals surface area contributed by atoms with Gasteiger partial charge in [0.15, 0.2) is 16.6 Å². The van der Waals surface area contributed by atoms with Crippen LogP contribution < -0.4 is 14.4 Å². The number of rotatable bonds is 11. The van der Waals surface area contributed by atoms with Crippen LogP contribution in [0.15, 0.2) is 48.0 Å². The zero-order valence-electron chi connectivity index (χ0n) is 24.1. The van der Waals surface area contributed by atoms with E-state index in [4.69, 9.17) is 25.8 Å². The van der Waals surface area contributed by atoms with Crippen molar-refractivity contribution in [2.45, 2.75) is 47.1 Å². The molecular formula is C31H33ClN2O7S. The number of aromatic nitrogens is 1. The monoisotopic (exact) mass is 612 g/mol. The number of nitrogens with zero attached hydrogens (tertiary/aromatic N) is 2. The molecule has 1 aromatic heterocycles. The summed E-state index contributed by atoms with van der Waals surface area (Å²) in [5, 5.41) is 12.0. The number of hydrogen-bond acceptors (Lipinski definition) is 9. The number of aryl methyl sites for hydroxylation is 1. The van der Waals surface area contributed by atoms with Crippen molar-refractivity contribution in [3.05, 3.63) is 74.8 Å². The number of carbonyl (C=O) groups is 3. The maximum Gasteiger partial charge on any atom is 0.350 e. The predicted molar refractivity (Wildman–Crippen MR) is 162 cm³/mol. The first-order valence-electron chi connectivity index (χ1n) is 13.7. The molecule has 1 unspecified atom stereocenters. The first-order chi connectivity index (χ1) is 20.1. The van der Waals surface area contributed by atoms with Crippen molar-refractivity contribution < 1.29 is 33.7 Å². The second kappa shape index (κ2) is 13.4. The lowest BCUT2D eigenvalue weighted by Crippen LogP contribution is -2.29. The number of hydrogen-bond donors (Lipinski definition) is 1. The van der Waals surface area contributed by atoms with E-state index >= 15 is 0 Å². The highest BCUT2D eigenvalue weighted by molar-refractivity contribution is 7.17. The van der Waals surface area contributed by atoms with Crippen molar-refractivity contribution in [1.82, 2.24) is 4.98 Å². The number of ether oxygens (including phenoxy) is 3. The Morgan fingerprint density at radius 3 is 2.43 bits per heavy atom. The molecule has 1 atom stereocenters. The average Bonchev–Trinajstić information content (AvgIpc) is 3.46. The minimum absolute atomic E-state index is 0.119. The third-order valence-corrected chi connectivity index (χ3v) is 7.94. The van der Waals surface area contributed by atoms with Gasteiger partial charge in [-0.15, -0.1) is 0 Å². The van der Waals surface area contributed by atoms with E-state index in [-0.39, 0.29) is 27.9 Å². The van der Waals surface area contributed by atoms with E-state index in [0.29, 0.717) is 52.5 Å². The first kappa shape index (κ1) is 31.1. The van der Waals surface area contributed by atoms with Gasteiger partial charge in [0, 0.05) is 10.6 Å². The second-order valence-electron chi connectivity index (χ2n) is 9.98. The Morgan fingerprint density at radius 2 is 1.79 bits per heavy atom. The van der Waals surface area contributed by atoms with Gasteiger partial charge in [-0.05, 0) is 75.1 Å². The molecule has 2 aromatic carbocycles. The van der Waals surface area contributed by atoms with Gasteiger partial charge < -0.3 is 19.3 Å². The molecule has 4 rings (SSSR count). The number of benzene rings is 2. The van der Waals surface area contributed by atoms with E-state index in [2.05, 4.69) is 18.8 Å². The fourth-order valence-corrected chi connectivity index (χ4v) is 5.58. The van der Waals surface area contributed by atoms with Gasteiger partial charge in [0.1, 0.15) is 10.6 Å². The van der Waals surface area contributed by atoms with E-state index in [1.165, 1.54) is 4.90 Å². The predicted octanol–water partition coefficient (Wildman–Crippen LogP) is 6.73. The summed E-state index contributed by atoms with van der Waals surface area (Å²) >= 11 is 6.98. The van der Waals surface area contributed by atoms with Crippen LogP contribution >= 0.6 is 22.9 Å². The number of aliphatic hydroxyl groups excluding tert-OH is 1. The van der Waals surface area contributed by atoms with Crippen LogP contribution in [0.5, 0.6) is 11.5 Å². The van der Waals surface area contributed by atoms with Gasteiger partial charge in [-0.2, -0.15) is 0 Å². The van der Waals surface area contributed by atoms with Gasteiger partial charge in [0.25, 0.3) is 5.78 Å². The molecule has 1 amide bonds. The molecule has 11 heteroatoms. The van der Waals surface area contributed by atoms with Gasteiger partial charge >= 0.3 is 11.9 Å². The standard InChI is InChI=1S/C31H33ClN2O7S/c1-6-39-23-16-20(10-13-22(23)41-15-14-17(3)4)25-24(26(35)19-8-11-21(32)12-9-19)27(36)29(37)34(25)31-33-18(5)28(42-31)30(38)40-7-2/h8-13,16-17,25,35H,6-7,14-15H2,1-5H3. The number of anilines is 1. The second-order valence-corrected chi connectivity index (χ2v) is 11.4. The van der Waals surface area contributed by atoms with Crippen LogP contribution in [0.3, 0.4) is 0 Å². The van der Waals surface area contributed by atoms with Crippen LogP contribution in [-0.2, 0) is 14.3 Å². The molecule has 1 saturated heterocycles. The Labute approximate surface area is 253 Å². The van der Waals surface area contributed by atoms with Gasteiger partial charge in [0.05, 0.1) is 37.1 Å². The molecule has 1 N–H and O–H groups in total. The highest BCUT2D eigenvalue weighted by Crippen LogP contribution is 2.45. The Bertz CT molecular complexity index is 1510. The average molecular weight is 613 g/mol. The van der Waals surface area contributed by atoms with Crippen molar-refractivity contribution in [3.8, 4) is 11.5 Å². The molecule has 0 radical (unpaired) electrons. The normalized spacial score (nSPS) is 16.3. The summed E-state index contributed by atoms with van der Waals surface area (Å²) in [6, 6.07) is 10.3. The minimum atomic E-state index is -1.08. The van der Waals surface area contributed by atoms with Crippen LogP contribution in [0.4, 0.5) is 5.13 Å². The first-order valence-corrected chi connectivity index (χ1v) is 14.9. The number of aliphatic hydroxyl groups is 1. The molecule has 0 spiro atoms. The maximum atomic E-state index is 13.6. The summed E-state index contributed by atoms with van der Waals surface area (Å²) in [4.78, 5) is 45.6. The van der Waals surface area contributed by atoms with Crippen LogP contribution in [0.1, 0.15) is 66.7 Å². The molecule has 42 heavy (non-hydrogen) atoms. The lowest BCUT2D eigenvalue weighted by Gasteiger charge is -2.24. The summed E-state index contributed by atoms with van der Waals surface area (Å²) in [7, 11) is 0. The molecule has 2 heterocycles. The van der Waals surface area contributed by atoms with E-state index < -0.39 is 23.7 Å². The van der Waals surface area contributed by atoms with Crippen molar-refractivity contribution >= 4 is 51.5 Å². The smallest absolute Gasteiger partial charge is 0.350 e. The lowest BCUT2D eigenvalue weighted by atomic mass is 9.95. The zero-order chi connectivity index (χ0) is 30.6. The maximum absolute atomic E-state index is 13.6. The summed E-state index contributed by atoms with van der Waals surface area (Å²) in [5.74, 6) is -1.33. The number of thiazole rings is 1. The Kier molecular flexibility index (Phi) is 9.90. The largest absolute Gasteiger partial charge is 0.507 e. The number of carbonyl (C=O) groups excluding carboxylic acids is 3. The topological polar surface area (TPSA) is 115 Å². The van der Waals surface area contributed by atoms with Crippen molar-refractivity contribution in [2.75, 3.05) is 24.7 Å². The molecule has 0 bridgehead atoms. The quantitative estimate of drug-likeness (QED) is 0.110. The molecule has 1 aliphatic rings. The SMILES string of the molecule is CCOC(=O)c1sc(N2C(=O)C(=O)C(=C(O)c3ccc(Cl)cc3)C2c2ccc(OCCC(C)C)c(OCC)c2)nc1C. The molecular weight excluding hydrogens is 580 g/mol. The fraction of sp³-hybridized carbons (Fsp3) is 0.355. The van der Waals surface area contributed by atoms with Gasteiger partial charge in [0.2, 0.25) is 0 Å². The van der Waals surface area contributed by atoms with Crippen LogP contribution in [0.2, 0.25) is 5.02 Å². The summed E-state index contributed by atoms with van der Waals surface area (Å²) in [6.07, 6.45) is 0.848. The Balaban J connectivity index is 1.89. The van der Waals surface area contributed by atoms with Crippen molar-refractivity contribution in [2.24, 2.45) is 5.92 Å². The number of amides is 1. The molecule has 0 saturated carbocycles. The molecule has 1 aliphatic heterocycles. The van der Waals surface area contributed by atoms with Crippen LogP contribution in [0.25, 0.3) is 5.76 Å². The number of halogens is 1. The van der Waals surface area contributed by atoms with E-state index in [9.17, 15) is 19.5 Å². The Hall–Kier alpha value is -3.89. The lowest BCUT2D eigenvalue weighted by molar-refractivity contribution is -0.132. The number of Topliss-reactive ketones (excluding diaryl/α,β-unsaturated/α-hetero) is 1. The van der Waals surface area contributed by atoms with Crippen molar-refractivity contribution in [3.63, 3.8) is 0 Å². The highest BCUT2D eigenvalue weighted by atomic mass is 35.5. The third kappa shape index (κ3) is 6.44. The van der Waals surface area contributed by atoms with Crippen LogP contribution in [0, 0.1) is 12.8 Å². The fourth-order valence-electron chi connectivity index (χ4n) is 4.47. The number of esters is 1. The van der Waals surface area contributed by atoms with E-state index in [0.717, 1.165) is 17.8 Å². The Morgan fingerprint density at radius 1 is 1.07 bits per heavy atom. The number of ketones is 1.